The lowest BCUT2D eigenvalue weighted by Gasteiger charge is -2.11. The van der Waals surface area contributed by atoms with E-state index in [4.69, 9.17) is 4.74 Å². The molecule has 4 rings (SSSR count). The molecule has 1 saturated carbocycles. The highest BCUT2D eigenvalue weighted by Crippen LogP contribution is 2.22. The number of fused-ring (bicyclic) bond motifs is 1. The molecule has 3 aromatic carbocycles. The predicted octanol–water partition coefficient (Wildman–Crippen LogP) is 5.38. The molecule has 30 heavy (non-hydrogen) atoms. The molecule has 0 aliphatic heterocycles. The molecule has 0 radical (unpaired) electrons. The summed E-state index contributed by atoms with van der Waals surface area (Å²) in [4.78, 5) is 12.3. The van der Waals surface area contributed by atoms with Crippen LogP contribution in [0.2, 0.25) is 0 Å². The Morgan fingerprint density at radius 2 is 1.77 bits per heavy atom. The minimum Gasteiger partial charge on any atom is -0.489 e. The van der Waals surface area contributed by atoms with E-state index in [0.717, 1.165) is 42.6 Å². The van der Waals surface area contributed by atoms with E-state index in [1.807, 2.05) is 48.5 Å². The molecule has 150 valence electrons. The Morgan fingerprint density at radius 3 is 2.53 bits per heavy atom. The van der Waals surface area contributed by atoms with Crippen LogP contribution in [0.5, 0.6) is 5.75 Å². The van der Waals surface area contributed by atoms with E-state index in [0.29, 0.717) is 6.61 Å². The second-order valence-corrected chi connectivity index (χ2v) is 7.62. The van der Waals surface area contributed by atoms with Gasteiger partial charge in [-0.15, -0.1) is 0 Å². The number of hydrogen-bond donors (Lipinski definition) is 1. The van der Waals surface area contributed by atoms with E-state index in [9.17, 15) is 10.1 Å². The molecule has 1 fully saturated rings. The molecule has 0 aromatic heterocycles. The van der Waals surface area contributed by atoms with Gasteiger partial charge in [0, 0.05) is 6.04 Å². The summed E-state index contributed by atoms with van der Waals surface area (Å²) >= 11 is 0. The summed E-state index contributed by atoms with van der Waals surface area (Å²) in [5.41, 5.74) is 2.06. The number of nitrogens with zero attached hydrogens (tertiary/aromatic N) is 1. The molecule has 4 heteroatoms. The molecule has 0 heterocycles. The molecule has 1 aliphatic rings. The van der Waals surface area contributed by atoms with Crippen LogP contribution >= 0.6 is 0 Å². The van der Waals surface area contributed by atoms with Crippen molar-refractivity contribution in [2.24, 2.45) is 0 Å². The molecule has 0 saturated heterocycles. The Balaban J connectivity index is 1.41. The molecule has 0 atom stereocenters. The maximum Gasteiger partial charge on any atom is 0.262 e. The van der Waals surface area contributed by atoms with Crippen molar-refractivity contribution in [2.45, 2.75) is 38.3 Å². The van der Waals surface area contributed by atoms with Crippen LogP contribution in [0.1, 0.15) is 36.8 Å². The molecule has 1 N–H and O–H groups in total. The van der Waals surface area contributed by atoms with Crippen molar-refractivity contribution < 1.29 is 9.53 Å². The van der Waals surface area contributed by atoms with E-state index in [2.05, 4.69) is 29.6 Å². The fourth-order valence-corrected chi connectivity index (χ4v) is 3.89. The summed E-state index contributed by atoms with van der Waals surface area (Å²) in [6.45, 7) is 0.476. The zero-order chi connectivity index (χ0) is 20.8. The fraction of sp³-hybridized carbons (Fsp3) is 0.231. The Hall–Kier alpha value is -3.58. The first kappa shape index (κ1) is 19.7. The van der Waals surface area contributed by atoms with Crippen molar-refractivity contribution in [3.05, 3.63) is 83.4 Å². The van der Waals surface area contributed by atoms with Gasteiger partial charge in [0.2, 0.25) is 0 Å². The number of ether oxygens (including phenoxy) is 1. The van der Waals surface area contributed by atoms with Gasteiger partial charge in [0.25, 0.3) is 5.91 Å². The van der Waals surface area contributed by atoms with Gasteiger partial charge < -0.3 is 10.1 Å². The number of carbonyl (C=O) groups excluding carboxylic acids is 1. The fourth-order valence-electron chi connectivity index (χ4n) is 3.89. The van der Waals surface area contributed by atoms with Crippen LogP contribution in [0, 0.1) is 11.3 Å². The van der Waals surface area contributed by atoms with Crippen LogP contribution in [0.3, 0.4) is 0 Å². The van der Waals surface area contributed by atoms with E-state index in [1.54, 1.807) is 6.08 Å². The molecule has 1 amide bonds. The Bertz CT molecular complexity index is 1100. The number of carbonyl (C=O) groups is 1. The zero-order valence-electron chi connectivity index (χ0n) is 16.8. The van der Waals surface area contributed by atoms with Crippen molar-refractivity contribution in [1.82, 2.24) is 5.32 Å². The van der Waals surface area contributed by atoms with Crippen molar-refractivity contribution in [2.75, 3.05) is 0 Å². The van der Waals surface area contributed by atoms with Crippen LogP contribution in [-0.4, -0.2) is 11.9 Å². The van der Waals surface area contributed by atoms with Crippen LogP contribution in [0.15, 0.2) is 72.3 Å². The molecule has 1 aliphatic carbocycles. The number of nitrogens with one attached hydrogen (secondary N) is 1. The van der Waals surface area contributed by atoms with Gasteiger partial charge in [-0.3, -0.25) is 4.79 Å². The monoisotopic (exact) mass is 396 g/mol. The smallest absolute Gasteiger partial charge is 0.262 e. The second-order valence-electron chi connectivity index (χ2n) is 7.62. The quantitative estimate of drug-likeness (QED) is 0.449. The third-order valence-corrected chi connectivity index (χ3v) is 5.52. The van der Waals surface area contributed by atoms with Gasteiger partial charge in [-0.25, -0.2) is 0 Å². The van der Waals surface area contributed by atoms with Gasteiger partial charge in [-0.05, 0) is 52.9 Å². The lowest BCUT2D eigenvalue weighted by atomic mass is 10.1. The molecule has 0 bridgehead atoms. The molecular weight excluding hydrogens is 372 g/mol. The summed E-state index contributed by atoms with van der Waals surface area (Å²) in [5, 5.41) is 14.7. The highest BCUT2D eigenvalue weighted by molar-refractivity contribution is 6.01. The summed E-state index contributed by atoms with van der Waals surface area (Å²) in [6, 6.07) is 24.1. The number of nitriles is 1. The van der Waals surface area contributed by atoms with Gasteiger partial charge in [0.1, 0.15) is 24.0 Å². The van der Waals surface area contributed by atoms with Crippen molar-refractivity contribution in [3.8, 4) is 11.8 Å². The first-order chi connectivity index (χ1) is 14.7. The lowest BCUT2D eigenvalue weighted by Crippen LogP contribution is -2.33. The van der Waals surface area contributed by atoms with E-state index in [1.165, 1.54) is 10.8 Å². The van der Waals surface area contributed by atoms with Crippen LogP contribution < -0.4 is 10.1 Å². The SMILES string of the molecule is N#C/C(=C/c1ccc(OCc2cccc3ccccc23)cc1)C(=O)NC1CCCC1. The van der Waals surface area contributed by atoms with Crippen LogP contribution in [0.25, 0.3) is 16.8 Å². The summed E-state index contributed by atoms with van der Waals surface area (Å²) in [6.07, 6.45) is 5.88. The van der Waals surface area contributed by atoms with Crippen LogP contribution in [-0.2, 0) is 11.4 Å². The van der Waals surface area contributed by atoms with E-state index in [-0.39, 0.29) is 17.5 Å². The van der Waals surface area contributed by atoms with Gasteiger partial charge >= 0.3 is 0 Å². The maximum absolute atomic E-state index is 12.3. The van der Waals surface area contributed by atoms with Gasteiger partial charge in [-0.2, -0.15) is 5.26 Å². The van der Waals surface area contributed by atoms with Crippen molar-refractivity contribution >= 4 is 22.8 Å². The van der Waals surface area contributed by atoms with Crippen molar-refractivity contribution in [1.29, 1.82) is 5.26 Å². The first-order valence-corrected chi connectivity index (χ1v) is 10.3. The van der Waals surface area contributed by atoms with Gasteiger partial charge in [0.05, 0.1) is 0 Å². The first-order valence-electron chi connectivity index (χ1n) is 10.3. The topological polar surface area (TPSA) is 62.1 Å². The molecular formula is C26H24N2O2. The second kappa shape index (κ2) is 9.28. The average molecular weight is 396 g/mol. The molecule has 4 nitrogen and oxygen atoms in total. The largest absolute Gasteiger partial charge is 0.489 e. The average Bonchev–Trinajstić information content (AvgIpc) is 3.29. The Morgan fingerprint density at radius 1 is 1.03 bits per heavy atom. The number of rotatable bonds is 6. The minimum absolute atomic E-state index is 0.131. The maximum atomic E-state index is 12.3. The minimum atomic E-state index is -0.291. The summed E-state index contributed by atoms with van der Waals surface area (Å²) in [7, 11) is 0. The normalized spacial score (nSPS) is 14.4. The van der Waals surface area contributed by atoms with E-state index >= 15 is 0 Å². The summed E-state index contributed by atoms with van der Waals surface area (Å²) < 4.78 is 5.96. The van der Waals surface area contributed by atoms with E-state index < -0.39 is 0 Å². The summed E-state index contributed by atoms with van der Waals surface area (Å²) in [5.74, 6) is 0.453. The molecule has 3 aromatic rings. The molecule has 0 spiro atoms. The zero-order valence-corrected chi connectivity index (χ0v) is 16.8. The number of benzene rings is 3. The number of amides is 1. The standard InChI is InChI=1S/C26H24N2O2/c27-17-22(26(29)28-23-9-2-3-10-23)16-19-12-14-24(15-13-19)30-18-21-8-5-7-20-6-1-4-11-25(20)21/h1,4-8,11-16,23H,2-3,9-10,18H2,(H,28,29)/b22-16-. The predicted molar refractivity (Wildman–Crippen MR) is 119 cm³/mol. The highest BCUT2D eigenvalue weighted by atomic mass is 16.5. The lowest BCUT2D eigenvalue weighted by molar-refractivity contribution is -0.117. The highest BCUT2D eigenvalue weighted by Gasteiger charge is 2.19. The third-order valence-electron chi connectivity index (χ3n) is 5.52. The van der Waals surface area contributed by atoms with Gasteiger partial charge in [-0.1, -0.05) is 67.4 Å². The number of hydrogen-bond acceptors (Lipinski definition) is 3. The van der Waals surface area contributed by atoms with Crippen molar-refractivity contribution in [3.63, 3.8) is 0 Å². The molecule has 0 unspecified atom stereocenters. The van der Waals surface area contributed by atoms with Crippen LogP contribution in [0.4, 0.5) is 0 Å². The Labute approximate surface area is 176 Å². The Kier molecular flexibility index (Phi) is 6.10. The van der Waals surface area contributed by atoms with Gasteiger partial charge in [0.15, 0.2) is 0 Å². The third kappa shape index (κ3) is 4.69.